The fraction of sp³-hybridized carbons (Fsp3) is 0.933. The second kappa shape index (κ2) is 7.96. The van der Waals surface area contributed by atoms with Crippen molar-refractivity contribution in [2.24, 2.45) is 5.92 Å². The Hall–Kier alpha value is -0.650. The van der Waals surface area contributed by atoms with E-state index >= 15 is 0 Å². The Morgan fingerprint density at radius 2 is 2.20 bits per heavy atom. The van der Waals surface area contributed by atoms with E-state index in [2.05, 4.69) is 24.1 Å². The molecule has 0 amide bonds. The molecule has 2 atom stereocenters. The summed E-state index contributed by atoms with van der Waals surface area (Å²) in [4.78, 5) is 14.5. The van der Waals surface area contributed by atoms with Gasteiger partial charge in [-0.1, -0.05) is 13.8 Å². The standard InChI is InChI=1S/C15H30N2O3/c1-6-19-14(18)15(16-8-9-17(4)5)7-10-20-13(11-15)12(2)3/h12-13,16H,6-11H2,1-5H3. The molecule has 0 aromatic rings. The third-order valence-electron chi connectivity index (χ3n) is 3.84. The molecule has 1 rings (SSSR count). The Bertz CT molecular complexity index is 307. The first-order chi connectivity index (χ1) is 9.41. The highest BCUT2D eigenvalue weighted by atomic mass is 16.5. The van der Waals surface area contributed by atoms with Gasteiger partial charge in [-0.05, 0) is 33.4 Å². The van der Waals surface area contributed by atoms with Crippen molar-refractivity contribution in [3.63, 3.8) is 0 Å². The maximum Gasteiger partial charge on any atom is 0.326 e. The molecular formula is C15H30N2O3. The Morgan fingerprint density at radius 1 is 1.50 bits per heavy atom. The molecule has 0 spiro atoms. The lowest BCUT2D eigenvalue weighted by Crippen LogP contribution is -2.59. The lowest BCUT2D eigenvalue weighted by molar-refractivity contribution is -0.159. The maximum absolute atomic E-state index is 12.4. The molecule has 20 heavy (non-hydrogen) atoms. The molecule has 1 aliphatic heterocycles. The van der Waals surface area contributed by atoms with Crippen molar-refractivity contribution in [2.75, 3.05) is 40.4 Å². The molecule has 0 radical (unpaired) electrons. The number of carbonyl (C=O) groups is 1. The number of carbonyl (C=O) groups excluding carboxylic acids is 1. The Labute approximate surface area is 123 Å². The zero-order chi connectivity index (χ0) is 15.2. The second-order valence-electron chi connectivity index (χ2n) is 6.14. The maximum atomic E-state index is 12.4. The van der Waals surface area contributed by atoms with Crippen LogP contribution in [-0.2, 0) is 14.3 Å². The third-order valence-corrected chi connectivity index (χ3v) is 3.84. The van der Waals surface area contributed by atoms with E-state index in [0.29, 0.717) is 32.0 Å². The summed E-state index contributed by atoms with van der Waals surface area (Å²) in [5.41, 5.74) is -0.584. The number of rotatable bonds is 7. The molecule has 1 N–H and O–H groups in total. The lowest BCUT2D eigenvalue weighted by Gasteiger charge is -2.41. The SMILES string of the molecule is CCOC(=O)C1(NCCN(C)C)CCOC(C(C)C)C1. The summed E-state index contributed by atoms with van der Waals surface area (Å²) in [6.45, 7) is 8.81. The summed E-state index contributed by atoms with van der Waals surface area (Å²) in [6, 6.07) is 0. The molecule has 118 valence electrons. The van der Waals surface area contributed by atoms with Gasteiger partial charge in [-0.25, -0.2) is 0 Å². The largest absolute Gasteiger partial charge is 0.465 e. The predicted octanol–water partition coefficient (Wildman–Crippen LogP) is 1.27. The Kier molecular flexibility index (Phi) is 6.92. The molecule has 2 unspecified atom stereocenters. The van der Waals surface area contributed by atoms with Crippen LogP contribution in [0.3, 0.4) is 0 Å². The number of hydrogen-bond acceptors (Lipinski definition) is 5. The monoisotopic (exact) mass is 286 g/mol. The molecule has 1 saturated heterocycles. The average Bonchev–Trinajstić information content (AvgIpc) is 2.38. The zero-order valence-electron chi connectivity index (χ0n) is 13.6. The van der Waals surface area contributed by atoms with Crippen LogP contribution < -0.4 is 5.32 Å². The molecule has 5 nitrogen and oxygen atoms in total. The van der Waals surface area contributed by atoms with Gasteiger partial charge in [0.2, 0.25) is 0 Å². The Morgan fingerprint density at radius 3 is 2.75 bits per heavy atom. The highest BCUT2D eigenvalue weighted by Crippen LogP contribution is 2.29. The van der Waals surface area contributed by atoms with Gasteiger partial charge in [0, 0.05) is 26.1 Å². The minimum atomic E-state index is -0.584. The Balaban J connectivity index is 2.75. The normalized spacial score (nSPS) is 27.1. The van der Waals surface area contributed by atoms with Crippen LogP contribution in [0, 0.1) is 5.92 Å². The molecular weight excluding hydrogens is 256 g/mol. The van der Waals surface area contributed by atoms with Crippen LogP contribution >= 0.6 is 0 Å². The fourth-order valence-corrected chi connectivity index (χ4v) is 2.52. The van der Waals surface area contributed by atoms with Crippen LogP contribution in [-0.4, -0.2) is 62.9 Å². The van der Waals surface area contributed by atoms with E-state index in [1.807, 2.05) is 21.0 Å². The molecule has 5 heteroatoms. The van der Waals surface area contributed by atoms with Crippen LogP contribution in [0.5, 0.6) is 0 Å². The molecule has 0 saturated carbocycles. The van der Waals surface area contributed by atoms with E-state index in [1.165, 1.54) is 0 Å². The summed E-state index contributed by atoms with van der Waals surface area (Å²) < 4.78 is 11.1. The predicted molar refractivity (Wildman–Crippen MR) is 79.7 cm³/mol. The minimum absolute atomic E-state index is 0.111. The van der Waals surface area contributed by atoms with E-state index < -0.39 is 5.54 Å². The van der Waals surface area contributed by atoms with Gasteiger partial charge in [-0.2, -0.15) is 0 Å². The second-order valence-corrected chi connectivity index (χ2v) is 6.14. The van der Waals surface area contributed by atoms with Gasteiger partial charge >= 0.3 is 5.97 Å². The van der Waals surface area contributed by atoms with E-state index in [-0.39, 0.29) is 12.1 Å². The van der Waals surface area contributed by atoms with Crippen molar-refractivity contribution < 1.29 is 14.3 Å². The van der Waals surface area contributed by atoms with E-state index in [4.69, 9.17) is 9.47 Å². The van der Waals surface area contributed by atoms with Crippen LogP contribution in [0.15, 0.2) is 0 Å². The van der Waals surface area contributed by atoms with Gasteiger partial charge in [0.25, 0.3) is 0 Å². The van der Waals surface area contributed by atoms with Crippen molar-refractivity contribution in [3.8, 4) is 0 Å². The summed E-state index contributed by atoms with van der Waals surface area (Å²) in [7, 11) is 4.05. The first kappa shape index (κ1) is 17.4. The van der Waals surface area contributed by atoms with Crippen molar-refractivity contribution in [1.82, 2.24) is 10.2 Å². The number of nitrogens with one attached hydrogen (secondary N) is 1. The van der Waals surface area contributed by atoms with Crippen molar-refractivity contribution in [1.29, 1.82) is 0 Å². The molecule has 1 heterocycles. The van der Waals surface area contributed by atoms with Gasteiger partial charge in [0.1, 0.15) is 5.54 Å². The van der Waals surface area contributed by atoms with Crippen LogP contribution in [0.1, 0.15) is 33.6 Å². The van der Waals surface area contributed by atoms with Crippen LogP contribution in [0.2, 0.25) is 0 Å². The summed E-state index contributed by atoms with van der Waals surface area (Å²) in [5.74, 6) is 0.271. The average molecular weight is 286 g/mol. The van der Waals surface area contributed by atoms with Crippen molar-refractivity contribution in [3.05, 3.63) is 0 Å². The van der Waals surface area contributed by atoms with Gasteiger partial charge in [0.05, 0.1) is 12.7 Å². The first-order valence-electron chi connectivity index (χ1n) is 7.60. The van der Waals surface area contributed by atoms with Crippen LogP contribution in [0.4, 0.5) is 0 Å². The number of ether oxygens (including phenoxy) is 2. The minimum Gasteiger partial charge on any atom is -0.465 e. The van der Waals surface area contributed by atoms with Gasteiger partial charge < -0.3 is 19.7 Å². The number of esters is 1. The van der Waals surface area contributed by atoms with Gasteiger partial charge in [-0.3, -0.25) is 4.79 Å². The lowest BCUT2D eigenvalue weighted by atomic mass is 9.83. The van der Waals surface area contributed by atoms with E-state index in [9.17, 15) is 4.79 Å². The highest BCUT2D eigenvalue weighted by Gasteiger charge is 2.44. The quantitative estimate of drug-likeness (QED) is 0.714. The van der Waals surface area contributed by atoms with Crippen molar-refractivity contribution in [2.45, 2.75) is 45.3 Å². The highest BCUT2D eigenvalue weighted by molar-refractivity contribution is 5.81. The molecule has 0 bridgehead atoms. The molecule has 0 aromatic carbocycles. The number of hydrogen-bond donors (Lipinski definition) is 1. The van der Waals surface area contributed by atoms with E-state index in [0.717, 1.165) is 13.1 Å². The summed E-state index contributed by atoms with van der Waals surface area (Å²) in [5, 5.41) is 3.44. The molecule has 1 fully saturated rings. The van der Waals surface area contributed by atoms with Gasteiger partial charge in [0.15, 0.2) is 0 Å². The van der Waals surface area contributed by atoms with Gasteiger partial charge in [-0.15, -0.1) is 0 Å². The third kappa shape index (κ3) is 4.72. The molecule has 0 aliphatic carbocycles. The molecule has 1 aliphatic rings. The number of likely N-dealkylation sites (N-methyl/N-ethyl adjacent to an activating group) is 1. The first-order valence-corrected chi connectivity index (χ1v) is 7.60. The van der Waals surface area contributed by atoms with Crippen molar-refractivity contribution >= 4 is 5.97 Å². The summed E-state index contributed by atoms with van der Waals surface area (Å²) >= 11 is 0. The zero-order valence-corrected chi connectivity index (χ0v) is 13.6. The van der Waals surface area contributed by atoms with Crippen LogP contribution in [0.25, 0.3) is 0 Å². The number of nitrogens with zero attached hydrogens (tertiary/aromatic N) is 1. The summed E-state index contributed by atoms with van der Waals surface area (Å²) in [6.07, 6.45) is 1.49. The van der Waals surface area contributed by atoms with E-state index in [1.54, 1.807) is 0 Å². The smallest absolute Gasteiger partial charge is 0.326 e. The fourth-order valence-electron chi connectivity index (χ4n) is 2.52. The molecule has 0 aromatic heterocycles. The topological polar surface area (TPSA) is 50.8 Å².